The van der Waals surface area contributed by atoms with E-state index in [4.69, 9.17) is 5.11 Å². The Kier molecular flexibility index (Phi) is 5.29. The van der Waals surface area contributed by atoms with E-state index in [1.54, 1.807) is 0 Å². The van der Waals surface area contributed by atoms with Crippen LogP contribution in [0.5, 0.6) is 0 Å². The first kappa shape index (κ1) is 12.7. The molecule has 1 rings (SSSR count). The Bertz CT molecular complexity index is 301. The molecule has 1 aromatic rings. The van der Waals surface area contributed by atoms with Gasteiger partial charge < -0.3 is 10.4 Å². The average molecular weight is 272 g/mol. The van der Waals surface area contributed by atoms with Crippen LogP contribution >= 0.6 is 15.9 Å². The summed E-state index contributed by atoms with van der Waals surface area (Å²) in [4.78, 5) is 0. The van der Waals surface area contributed by atoms with Gasteiger partial charge in [-0.15, -0.1) is 0 Å². The van der Waals surface area contributed by atoms with Crippen molar-refractivity contribution in [3.63, 3.8) is 0 Å². The van der Waals surface area contributed by atoms with Crippen LogP contribution in [0.2, 0.25) is 0 Å². The lowest BCUT2D eigenvalue weighted by atomic mass is 10.1. The third-order valence-corrected chi connectivity index (χ3v) is 2.85. The third kappa shape index (κ3) is 4.78. The molecule has 0 radical (unpaired) electrons. The largest absolute Gasteiger partial charge is 0.393 e. The van der Waals surface area contributed by atoms with Crippen molar-refractivity contribution >= 4 is 15.9 Å². The van der Waals surface area contributed by atoms with Crippen molar-refractivity contribution in [1.82, 2.24) is 5.32 Å². The standard InChI is InChI=1S/C12H18BrNO/c1-9(15)6-7-14-10(2)11-4-3-5-12(13)8-11/h3-5,8-10,14-15H,6-7H2,1-2H3/t9?,10-/m0/s1. The molecule has 0 amide bonds. The van der Waals surface area contributed by atoms with Gasteiger partial charge in [-0.25, -0.2) is 0 Å². The van der Waals surface area contributed by atoms with Crippen LogP contribution in [0.15, 0.2) is 28.7 Å². The minimum atomic E-state index is -0.229. The van der Waals surface area contributed by atoms with Crippen molar-refractivity contribution < 1.29 is 5.11 Å². The lowest BCUT2D eigenvalue weighted by Gasteiger charge is -2.15. The summed E-state index contributed by atoms with van der Waals surface area (Å²) in [6.07, 6.45) is 0.561. The number of hydrogen-bond donors (Lipinski definition) is 2. The van der Waals surface area contributed by atoms with Crippen LogP contribution in [-0.2, 0) is 0 Å². The minimum absolute atomic E-state index is 0.229. The van der Waals surface area contributed by atoms with E-state index in [0.29, 0.717) is 6.04 Å². The van der Waals surface area contributed by atoms with Gasteiger partial charge in [-0.1, -0.05) is 28.1 Å². The number of nitrogens with one attached hydrogen (secondary N) is 1. The van der Waals surface area contributed by atoms with Gasteiger partial charge in [0.05, 0.1) is 6.10 Å². The molecule has 84 valence electrons. The monoisotopic (exact) mass is 271 g/mol. The van der Waals surface area contributed by atoms with Crippen LogP contribution in [0, 0.1) is 0 Å². The van der Waals surface area contributed by atoms with Crippen LogP contribution in [0.4, 0.5) is 0 Å². The minimum Gasteiger partial charge on any atom is -0.393 e. The number of hydrogen-bond acceptors (Lipinski definition) is 2. The summed E-state index contributed by atoms with van der Waals surface area (Å²) in [5.74, 6) is 0. The maximum Gasteiger partial charge on any atom is 0.0524 e. The molecule has 0 spiro atoms. The summed E-state index contributed by atoms with van der Waals surface area (Å²) in [6, 6.07) is 8.59. The molecule has 0 fully saturated rings. The molecule has 2 N–H and O–H groups in total. The fourth-order valence-electron chi connectivity index (χ4n) is 1.40. The molecule has 2 atom stereocenters. The molecule has 15 heavy (non-hydrogen) atoms. The van der Waals surface area contributed by atoms with Gasteiger partial charge in [0.1, 0.15) is 0 Å². The molecule has 0 aromatic heterocycles. The predicted molar refractivity (Wildman–Crippen MR) is 66.9 cm³/mol. The van der Waals surface area contributed by atoms with E-state index in [1.165, 1.54) is 5.56 Å². The summed E-state index contributed by atoms with van der Waals surface area (Å²) < 4.78 is 1.10. The Balaban J connectivity index is 2.43. The molecular formula is C12H18BrNO. The highest BCUT2D eigenvalue weighted by atomic mass is 79.9. The summed E-state index contributed by atoms with van der Waals surface area (Å²) in [5.41, 5.74) is 1.26. The van der Waals surface area contributed by atoms with Gasteiger partial charge in [-0.05, 0) is 44.5 Å². The second-order valence-corrected chi connectivity index (χ2v) is 4.78. The molecule has 1 aromatic carbocycles. The van der Waals surface area contributed by atoms with Crippen LogP contribution < -0.4 is 5.32 Å². The molecule has 1 unspecified atom stereocenters. The van der Waals surface area contributed by atoms with E-state index >= 15 is 0 Å². The van der Waals surface area contributed by atoms with Crippen molar-refractivity contribution in [3.05, 3.63) is 34.3 Å². The maximum absolute atomic E-state index is 9.13. The van der Waals surface area contributed by atoms with E-state index in [1.807, 2.05) is 19.1 Å². The smallest absolute Gasteiger partial charge is 0.0524 e. The second kappa shape index (κ2) is 6.26. The zero-order valence-electron chi connectivity index (χ0n) is 9.20. The fraction of sp³-hybridized carbons (Fsp3) is 0.500. The second-order valence-electron chi connectivity index (χ2n) is 3.87. The zero-order chi connectivity index (χ0) is 11.3. The van der Waals surface area contributed by atoms with E-state index in [9.17, 15) is 0 Å². The molecule has 2 nitrogen and oxygen atoms in total. The fourth-order valence-corrected chi connectivity index (χ4v) is 1.82. The molecule has 0 aliphatic rings. The Labute approximate surface area is 99.8 Å². The van der Waals surface area contributed by atoms with Crippen molar-refractivity contribution in [1.29, 1.82) is 0 Å². The van der Waals surface area contributed by atoms with Crippen LogP contribution in [0.1, 0.15) is 31.9 Å². The quantitative estimate of drug-likeness (QED) is 0.863. The van der Waals surface area contributed by atoms with Crippen LogP contribution in [-0.4, -0.2) is 17.8 Å². The predicted octanol–water partition coefficient (Wildman–Crippen LogP) is 2.87. The van der Waals surface area contributed by atoms with Gasteiger partial charge in [0.15, 0.2) is 0 Å². The molecule has 0 heterocycles. The highest BCUT2D eigenvalue weighted by molar-refractivity contribution is 9.10. The van der Waals surface area contributed by atoms with Crippen LogP contribution in [0.25, 0.3) is 0 Å². The number of benzene rings is 1. The van der Waals surface area contributed by atoms with E-state index in [2.05, 4.69) is 40.3 Å². The summed E-state index contributed by atoms with van der Waals surface area (Å²) in [5, 5.41) is 12.5. The summed E-state index contributed by atoms with van der Waals surface area (Å²) in [7, 11) is 0. The Morgan fingerprint density at radius 1 is 1.40 bits per heavy atom. The maximum atomic E-state index is 9.13. The van der Waals surface area contributed by atoms with Crippen molar-refractivity contribution in [2.75, 3.05) is 6.54 Å². The Morgan fingerprint density at radius 3 is 2.73 bits per heavy atom. The highest BCUT2D eigenvalue weighted by Gasteiger charge is 2.05. The van der Waals surface area contributed by atoms with Crippen molar-refractivity contribution in [2.45, 2.75) is 32.4 Å². The lowest BCUT2D eigenvalue weighted by Crippen LogP contribution is -2.22. The van der Waals surface area contributed by atoms with Gasteiger partial charge in [0.25, 0.3) is 0 Å². The van der Waals surface area contributed by atoms with Gasteiger partial charge in [-0.3, -0.25) is 0 Å². The topological polar surface area (TPSA) is 32.3 Å². The third-order valence-electron chi connectivity index (χ3n) is 2.36. The van der Waals surface area contributed by atoms with Crippen molar-refractivity contribution in [2.24, 2.45) is 0 Å². The number of halogens is 1. The number of aliphatic hydroxyl groups excluding tert-OH is 1. The van der Waals surface area contributed by atoms with Gasteiger partial charge >= 0.3 is 0 Å². The van der Waals surface area contributed by atoms with E-state index in [0.717, 1.165) is 17.4 Å². The van der Waals surface area contributed by atoms with Crippen LogP contribution in [0.3, 0.4) is 0 Å². The first-order valence-electron chi connectivity index (χ1n) is 5.26. The number of aliphatic hydroxyl groups is 1. The van der Waals surface area contributed by atoms with Gasteiger partial charge in [-0.2, -0.15) is 0 Å². The molecule has 0 bridgehead atoms. The van der Waals surface area contributed by atoms with Gasteiger partial charge in [0.2, 0.25) is 0 Å². The molecule has 0 aliphatic heterocycles. The first-order valence-corrected chi connectivity index (χ1v) is 6.06. The van der Waals surface area contributed by atoms with Crippen molar-refractivity contribution in [3.8, 4) is 0 Å². The molecule has 0 saturated heterocycles. The molecule has 0 aliphatic carbocycles. The van der Waals surface area contributed by atoms with E-state index in [-0.39, 0.29) is 6.10 Å². The summed E-state index contributed by atoms with van der Waals surface area (Å²) >= 11 is 3.45. The molecular weight excluding hydrogens is 254 g/mol. The Hall–Kier alpha value is -0.380. The first-order chi connectivity index (χ1) is 7.09. The SMILES string of the molecule is CC(O)CCN[C@@H](C)c1cccc(Br)c1. The zero-order valence-corrected chi connectivity index (χ0v) is 10.8. The van der Waals surface area contributed by atoms with Gasteiger partial charge in [0, 0.05) is 10.5 Å². The molecule has 0 saturated carbocycles. The van der Waals surface area contributed by atoms with E-state index < -0.39 is 0 Å². The highest BCUT2D eigenvalue weighted by Crippen LogP contribution is 2.17. The molecule has 3 heteroatoms. The summed E-state index contributed by atoms with van der Waals surface area (Å²) in [6.45, 7) is 4.78. The normalized spacial score (nSPS) is 14.9. The number of rotatable bonds is 5. The Morgan fingerprint density at radius 2 is 2.13 bits per heavy atom. The average Bonchev–Trinajstić information content (AvgIpc) is 2.17. The lowest BCUT2D eigenvalue weighted by molar-refractivity contribution is 0.182.